The van der Waals surface area contributed by atoms with Gasteiger partial charge in [0.05, 0.1) is 50.1 Å². The van der Waals surface area contributed by atoms with Crippen molar-refractivity contribution in [3.8, 4) is 0 Å². The fourth-order valence-corrected chi connectivity index (χ4v) is 10.5. The highest BCUT2D eigenvalue weighted by Gasteiger charge is 2.74. The molecule has 1 spiro atoms. The van der Waals surface area contributed by atoms with Crippen molar-refractivity contribution in [1.82, 2.24) is 39.0 Å². The number of thiol groups is 1. The van der Waals surface area contributed by atoms with E-state index in [2.05, 4.69) is 42.5 Å². The van der Waals surface area contributed by atoms with Crippen LogP contribution in [0.3, 0.4) is 0 Å². The maximum absolute atomic E-state index is 14.2. The minimum atomic E-state index is -4.40. The van der Waals surface area contributed by atoms with Crippen LogP contribution in [0.5, 0.6) is 0 Å². The van der Waals surface area contributed by atoms with Gasteiger partial charge < -0.3 is 48.9 Å². The lowest BCUT2D eigenvalue weighted by Crippen LogP contribution is -2.38. The van der Waals surface area contributed by atoms with E-state index in [0.29, 0.717) is 17.6 Å². The molecule has 2 aliphatic heterocycles. The van der Waals surface area contributed by atoms with E-state index in [9.17, 15) is 29.2 Å². The minimum Gasteiger partial charge on any atom is -0.396 e. The topological polar surface area (TPSA) is 274 Å². The van der Waals surface area contributed by atoms with Gasteiger partial charge in [0.1, 0.15) is 42.3 Å². The number of hydrogen-bond donors (Lipinski definition) is 6. The SMILES string of the molecule is Cc1nc2c(ncn2[C@@H]2O[C@@H]3CO[P@@](=O)(CS)O[C@H]4[C@@H](O)[C@H](n5cnc6c(N)ncnc65)[C@H]5C[C@@]54CO[P@](=O)(CO)O[C@@H]2[C@@H]3CO)c(=O)[nH]1. The number of aromatic amines is 1. The predicted octanol–water partition coefficient (Wildman–Crippen LogP) is 0.318. The zero-order chi connectivity index (χ0) is 34.5. The molecule has 0 aromatic carbocycles. The number of nitrogens with zero attached hydrogens (tertiary/aromatic N) is 7. The molecule has 49 heavy (non-hydrogen) atoms. The Morgan fingerprint density at radius 3 is 2.61 bits per heavy atom. The second-order valence-electron chi connectivity index (χ2n) is 12.7. The molecule has 2 bridgehead atoms. The van der Waals surface area contributed by atoms with Crippen LogP contribution in [0, 0.1) is 24.2 Å². The third-order valence-corrected chi connectivity index (χ3v) is 13.8. The highest BCUT2D eigenvalue weighted by atomic mass is 32.1. The van der Waals surface area contributed by atoms with Gasteiger partial charge in [-0.3, -0.25) is 23.0 Å². The average molecular weight is 742 g/mol. The molecule has 23 heteroatoms. The normalized spacial score (nSPS) is 39.3. The van der Waals surface area contributed by atoms with E-state index in [1.807, 2.05) is 0 Å². The third kappa shape index (κ3) is 5.21. The lowest BCUT2D eigenvalue weighted by molar-refractivity contribution is -0.0573. The first-order valence-electron chi connectivity index (χ1n) is 15.3. The Morgan fingerprint density at radius 1 is 1.08 bits per heavy atom. The van der Waals surface area contributed by atoms with Gasteiger partial charge in [0.2, 0.25) is 0 Å². The van der Waals surface area contributed by atoms with E-state index in [0.717, 1.165) is 0 Å². The van der Waals surface area contributed by atoms with E-state index in [1.54, 1.807) is 11.5 Å². The lowest BCUT2D eigenvalue weighted by atomic mass is 9.99. The fraction of sp³-hybridized carbons (Fsp3) is 0.615. The average Bonchev–Trinajstić information content (AvgIpc) is 3.39. The molecule has 4 aliphatic rings. The predicted molar refractivity (Wildman–Crippen MR) is 170 cm³/mol. The molecule has 0 radical (unpaired) electrons. The summed E-state index contributed by atoms with van der Waals surface area (Å²) in [6.07, 6.45) is -2.63. The maximum atomic E-state index is 14.2. The molecule has 2 saturated carbocycles. The van der Waals surface area contributed by atoms with Crippen molar-refractivity contribution in [2.24, 2.45) is 17.3 Å². The Hall–Kier alpha value is -2.81. The van der Waals surface area contributed by atoms with Gasteiger partial charge in [0.25, 0.3) is 5.56 Å². The number of imidazole rings is 2. The molecule has 4 aromatic rings. The van der Waals surface area contributed by atoms with Crippen LogP contribution in [0.1, 0.15) is 24.5 Å². The highest BCUT2D eigenvalue weighted by molar-refractivity contribution is 7.88. The number of hydrogen-bond acceptors (Lipinski definition) is 18. The summed E-state index contributed by atoms with van der Waals surface area (Å²) in [6, 6.07) is -0.708. The quantitative estimate of drug-likeness (QED) is 0.119. The number of H-pyrrole nitrogens is 1. The monoisotopic (exact) mass is 741 g/mol. The molecule has 2 saturated heterocycles. The largest absolute Gasteiger partial charge is 0.396 e. The molecule has 6 heterocycles. The van der Waals surface area contributed by atoms with Crippen molar-refractivity contribution in [1.29, 1.82) is 0 Å². The van der Waals surface area contributed by atoms with E-state index >= 15 is 0 Å². The molecule has 2 aliphatic carbocycles. The van der Waals surface area contributed by atoms with Crippen LogP contribution in [-0.4, -0.2) is 110 Å². The number of fused-ring (bicyclic) bond motifs is 4. The summed E-state index contributed by atoms with van der Waals surface area (Å²) in [5.41, 5.74) is 4.86. The van der Waals surface area contributed by atoms with Gasteiger partial charge in [0.15, 0.2) is 28.9 Å². The summed E-state index contributed by atoms with van der Waals surface area (Å²) >= 11 is 4.27. The summed E-state index contributed by atoms with van der Waals surface area (Å²) in [7, 11) is -8.50. The molecular weight excluding hydrogens is 708 g/mol. The summed E-state index contributed by atoms with van der Waals surface area (Å²) in [5.74, 6) is -0.908. The van der Waals surface area contributed by atoms with Crippen LogP contribution < -0.4 is 11.3 Å². The fourth-order valence-electron chi connectivity index (χ4n) is 7.47. The van der Waals surface area contributed by atoms with E-state index in [4.69, 9.17) is 28.6 Å². The first-order chi connectivity index (χ1) is 23.4. The second kappa shape index (κ2) is 11.9. The number of aliphatic hydroxyl groups is 3. The molecule has 11 atom stereocenters. The van der Waals surface area contributed by atoms with Crippen LogP contribution in [0.25, 0.3) is 22.3 Å². The van der Waals surface area contributed by atoms with Crippen LogP contribution in [-0.2, 0) is 32.0 Å². The van der Waals surface area contributed by atoms with Gasteiger partial charge in [-0.05, 0) is 19.3 Å². The minimum absolute atomic E-state index is 0.00347. The molecule has 0 unspecified atom stereocenters. The van der Waals surface area contributed by atoms with Gasteiger partial charge >= 0.3 is 15.2 Å². The number of nitrogen functional groups attached to an aromatic ring is 1. The lowest BCUT2D eigenvalue weighted by Gasteiger charge is -2.32. The molecule has 4 aromatic heterocycles. The Bertz CT molecular complexity index is 2100. The van der Waals surface area contributed by atoms with Gasteiger partial charge in [0, 0.05) is 11.3 Å². The number of ether oxygens (including phenoxy) is 1. The number of anilines is 1. The zero-order valence-corrected chi connectivity index (χ0v) is 28.4. The van der Waals surface area contributed by atoms with Crippen molar-refractivity contribution >= 4 is 56.0 Å². The first-order valence-corrected chi connectivity index (χ1v) is 19.4. The van der Waals surface area contributed by atoms with Crippen molar-refractivity contribution < 1.29 is 47.3 Å². The Balaban J connectivity index is 1.18. The van der Waals surface area contributed by atoms with E-state index in [1.165, 1.54) is 23.5 Å². The van der Waals surface area contributed by atoms with Gasteiger partial charge in [-0.25, -0.2) is 24.9 Å². The van der Waals surface area contributed by atoms with Crippen LogP contribution >= 0.6 is 27.8 Å². The first kappa shape index (κ1) is 33.3. The van der Waals surface area contributed by atoms with Crippen molar-refractivity contribution in [3.05, 3.63) is 35.2 Å². The van der Waals surface area contributed by atoms with Gasteiger partial charge in [-0.1, -0.05) is 0 Å². The van der Waals surface area contributed by atoms with Gasteiger partial charge in [-0.15, -0.1) is 0 Å². The van der Waals surface area contributed by atoms with Crippen molar-refractivity contribution in [2.45, 2.75) is 50.0 Å². The third-order valence-electron chi connectivity index (χ3n) is 9.92. The zero-order valence-electron chi connectivity index (χ0n) is 25.8. The Labute approximate surface area is 281 Å². The Kier molecular flexibility index (Phi) is 8.08. The summed E-state index contributed by atoms with van der Waals surface area (Å²) < 4.78 is 61.8. The second-order valence-corrected chi connectivity index (χ2v) is 17.5. The van der Waals surface area contributed by atoms with Crippen molar-refractivity contribution in [2.75, 3.05) is 37.4 Å². The number of nitrogens with one attached hydrogen (secondary N) is 1. The van der Waals surface area contributed by atoms with Crippen LogP contribution in [0.4, 0.5) is 5.82 Å². The Morgan fingerprint density at radius 2 is 1.86 bits per heavy atom. The summed E-state index contributed by atoms with van der Waals surface area (Å²) in [6.45, 7) is 0.249. The number of rotatable bonds is 5. The molecule has 6 N–H and O–H groups in total. The standard InChI is InChI=1S/C26H33N9O11P2S/c1-11-32-23-16(24(39)33-11)31-8-35(23)25-19-12(3-36)14(44-25)4-42-48(41,10-49)46-20-18(38)17(34-7-30-15-21(27)28-6-29-22(15)34)13-2-26(13,20)5-43-47(40,9-37)45-19/h6-8,12-14,17-20,25,36-38,49H,2-5,9-10H2,1H3,(H2,27,28,29)(H,32,33,39)/t12-,13-,14-,17-,18+,19-,20+,25-,26-,47-,48+/m1/s1. The number of aryl methyl sites for hydroxylation is 1. The molecular formula is C26H33N9O11P2S. The number of aliphatic hydroxyl groups excluding tert-OH is 3. The molecule has 20 nitrogen and oxygen atoms in total. The van der Waals surface area contributed by atoms with Crippen LogP contribution in [0.15, 0.2) is 23.8 Å². The molecule has 0 amide bonds. The van der Waals surface area contributed by atoms with E-state index in [-0.39, 0.29) is 40.8 Å². The maximum Gasteiger partial charge on any atom is 0.356 e. The summed E-state index contributed by atoms with van der Waals surface area (Å²) in [5, 5.41) is 32.7. The molecule has 8 rings (SSSR count). The van der Waals surface area contributed by atoms with Gasteiger partial charge in [-0.2, -0.15) is 12.6 Å². The molecule has 264 valence electrons. The van der Waals surface area contributed by atoms with Crippen LogP contribution in [0.2, 0.25) is 0 Å². The number of nitrogens with two attached hydrogens (primary N) is 1. The smallest absolute Gasteiger partial charge is 0.356 e. The summed E-state index contributed by atoms with van der Waals surface area (Å²) in [4.78, 5) is 36.3. The van der Waals surface area contributed by atoms with E-state index < -0.39 is 88.3 Å². The number of aromatic nitrogens is 8. The van der Waals surface area contributed by atoms with Crippen molar-refractivity contribution in [3.63, 3.8) is 0 Å². The highest BCUT2D eigenvalue weighted by Crippen LogP contribution is 2.72. The molecule has 4 fully saturated rings.